The number of benzene rings is 1. The summed E-state index contributed by atoms with van der Waals surface area (Å²) < 4.78 is 11.3. The quantitative estimate of drug-likeness (QED) is 0.890. The van der Waals surface area contributed by atoms with E-state index in [-0.39, 0.29) is 11.5 Å². The summed E-state index contributed by atoms with van der Waals surface area (Å²) in [6, 6.07) is 4.66. The van der Waals surface area contributed by atoms with Gasteiger partial charge in [-0.3, -0.25) is 0 Å². The molecule has 0 aliphatic carbocycles. The molecular formula is C16H25NO2. The van der Waals surface area contributed by atoms with Crippen molar-refractivity contribution in [2.45, 2.75) is 39.2 Å². The van der Waals surface area contributed by atoms with Crippen LogP contribution in [0.5, 0.6) is 5.75 Å². The van der Waals surface area contributed by atoms with Gasteiger partial charge in [-0.25, -0.2) is 0 Å². The maximum Gasteiger partial charge on any atom is 0.127 e. The molecule has 0 spiro atoms. The average molecular weight is 263 g/mol. The highest BCUT2D eigenvalue weighted by Gasteiger charge is 2.26. The Morgan fingerprint density at radius 2 is 2.05 bits per heavy atom. The van der Waals surface area contributed by atoms with Crippen molar-refractivity contribution in [2.75, 3.05) is 26.9 Å². The minimum atomic E-state index is 0.0711. The summed E-state index contributed by atoms with van der Waals surface area (Å²) >= 11 is 0. The Labute approximate surface area is 116 Å². The van der Waals surface area contributed by atoms with Crippen molar-refractivity contribution < 1.29 is 9.47 Å². The van der Waals surface area contributed by atoms with Crippen LogP contribution >= 0.6 is 0 Å². The van der Waals surface area contributed by atoms with E-state index in [1.165, 1.54) is 16.7 Å². The maximum atomic E-state index is 5.72. The first kappa shape index (κ1) is 14.4. The second-order valence-corrected chi connectivity index (χ2v) is 6.27. The zero-order chi connectivity index (χ0) is 14.0. The molecule has 0 amide bonds. The number of nitrogens with one attached hydrogen (secondary N) is 1. The van der Waals surface area contributed by atoms with Crippen LogP contribution in [0.1, 0.15) is 43.5 Å². The molecular weight excluding hydrogens is 238 g/mol. The monoisotopic (exact) mass is 263 g/mol. The van der Waals surface area contributed by atoms with Gasteiger partial charge in [-0.1, -0.05) is 38.5 Å². The summed E-state index contributed by atoms with van der Waals surface area (Å²) in [5.41, 5.74) is 3.82. The predicted molar refractivity (Wildman–Crippen MR) is 78.0 cm³/mol. The van der Waals surface area contributed by atoms with Gasteiger partial charge < -0.3 is 14.8 Å². The van der Waals surface area contributed by atoms with Gasteiger partial charge in [-0.05, 0) is 12.3 Å². The molecule has 2 rings (SSSR count). The Balaban J connectivity index is 2.50. The summed E-state index contributed by atoms with van der Waals surface area (Å²) in [5, 5.41) is 3.51. The van der Waals surface area contributed by atoms with E-state index in [0.717, 1.165) is 18.9 Å². The van der Waals surface area contributed by atoms with Gasteiger partial charge in [0.05, 0.1) is 26.4 Å². The van der Waals surface area contributed by atoms with Crippen molar-refractivity contribution in [1.82, 2.24) is 5.32 Å². The first-order valence-electron chi connectivity index (χ1n) is 6.93. The number of morpholine rings is 1. The van der Waals surface area contributed by atoms with E-state index in [1.54, 1.807) is 7.11 Å². The topological polar surface area (TPSA) is 30.5 Å². The molecule has 1 aliphatic rings. The van der Waals surface area contributed by atoms with Gasteiger partial charge in [0.2, 0.25) is 0 Å². The molecule has 1 N–H and O–H groups in total. The Hall–Kier alpha value is -1.06. The van der Waals surface area contributed by atoms with E-state index < -0.39 is 0 Å². The molecule has 1 atom stereocenters. The summed E-state index contributed by atoms with van der Waals surface area (Å²) in [4.78, 5) is 0. The predicted octanol–water partition coefficient (Wildman–Crippen LogP) is 2.96. The minimum absolute atomic E-state index is 0.0711. The van der Waals surface area contributed by atoms with Crippen LogP contribution in [-0.4, -0.2) is 26.9 Å². The largest absolute Gasteiger partial charge is 0.496 e. The van der Waals surface area contributed by atoms with Gasteiger partial charge in [0.15, 0.2) is 0 Å². The first-order valence-corrected chi connectivity index (χ1v) is 6.93. The molecule has 1 fully saturated rings. The van der Waals surface area contributed by atoms with Crippen LogP contribution in [0.2, 0.25) is 0 Å². The molecule has 1 saturated heterocycles. The molecule has 0 aromatic heterocycles. The lowest BCUT2D eigenvalue weighted by Gasteiger charge is -2.30. The van der Waals surface area contributed by atoms with Crippen LogP contribution in [0.4, 0.5) is 0 Å². The third-order valence-corrected chi connectivity index (χ3v) is 3.57. The van der Waals surface area contributed by atoms with E-state index >= 15 is 0 Å². The first-order chi connectivity index (χ1) is 8.93. The molecule has 1 heterocycles. The van der Waals surface area contributed by atoms with Gasteiger partial charge >= 0.3 is 0 Å². The standard InChI is InChI=1S/C16H25NO2/c1-11-8-12(14-10-19-7-6-17-14)15(18-5)13(9-11)16(2,3)4/h8-9,14,17H,6-7,10H2,1-5H3. The Kier molecular flexibility index (Phi) is 4.16. The molecule has 3 heteroatoms. The molecule has 1 aromatic carbocycles. The zero-order valence-electron chi connectivity index (χ0n) is 12.7. The van der Waals surface area contributed by atoms with Gasteiger partial charge in [0.25, 0.3) is 0 Å². The number of rotatable bonds is 2. The average Bonchev–Trinajstić information content (AvgIpc) is 2.37. The Morgan fingerprint density at radius 1 is 1.32 bits per heavy atom. The van der Waals surface area contributed by atoms with E-state index in [1.807, 2.05) is 0 Å². The molecule has 1 unspecified atom stereocenters. The summed E-state index contributed by atoms with van der Waals surface area (Å²) in [7, 11) is 1.76. The number of ether oxygens (including phenoxy) is 2. The highest BCUT2D eigenvalue weighted by atomic mass is 16.5. The van der Waals surface area contributed by atoms with Crippen molar-refractivity contribution in [2.24, 2.45) is 0 Å². The molecule has 19 heavy (non-hydrogen) atoms. The van der Waals surface area contributed by atoms with Gasteiger partial charge in [-0.2, -0.15) is 0 Å². The van der Waals surface area contributed by atoms with Crippen molar-refractivity contribution in [3.8, 4) is 5.75 Å². The fourth-order valence-electron chi connectivity index (χ4n) is 2.61. The van der Waals surface area contributed by atoms with Crippen molar-refractivity contribution in [3.63, 3.8) is 0 Å². The van der Waals surface area contributed by atoms with E-state index in [2.05, 4.69) is 45.1 Å². The third kappa shape index (κ3) is 3.10. The second-order valence-electron chi connectivity index (χ2n) is 6.27. The second kappa shape index (κ2) is 5.51. The van der Waals surface area contributed by atoms with Crippen LogP contribution in [-0.2, 0) is 10.2 Å². The van der Waals surface area contributed by atoms with Crippen LogP contribution < -0.4 is 10.1 Å². The van der Waals surface area contributed by atoms with Crippen LogP contribution in [0.15, 0.2) is 12.1 Å². The van der Waals surface area contributed by atoms with Crippen LogP contribution in [0, 0.1) is 6.92 Å². The van der Waals surface area contributed by atoms with E-state index in [9.17, 15) is 0 Å². The summed E-state index contributed by atoms with van der Waals surface area (Å²) in [5.74, 6) is 1.00. The van der Waals surface area contributed by atoms with E-state index in [4.69, 9.17) is 9.47 Å². The number of hydrogen-bond acceptors (Lipinski definition) is 3. The smallest absolute Gasteiger partial charge is 0.127 e. The van der Waals surface area contributed by atoms with Crippen molar-refractivity contribution in [1.29, 1.82) is 0 Å². The van der Waals surface area contributed by atoms with E-state index in [0.29, 0.717) is 6.61 Å². The third-order valence-electron chi connectivity index (χ3n) is 3.57. The molecule has 0 radical (unpaired) electrons. The number of hydrogen-bond donors (Lipinski definition) is 1. The summed E-state index contributed by atoms with van der Waals surface area (Å²) in [6.07, 6.45) is 0. The zero-order valence-corrected chi connectivity index (χ0v) is 12.7. The highest BCUT2D eigenvalue weighted by molar-refractivity contribution is 5.49. The lowest BCUT2D eigenvalue weighted by molar-refractivity contribution is 0.0759. The van der Waals surface area contributed by atoms with Crippen LogP contribution in [0.3, 0.4) is 0 Å². The van der Waals surface area contributed by atoms with Crippen molar-refractivity contribution in [3.05, 3.63) is 28.8 Å². The molecule has 3 nitrogen and oxygen atoms in total. The highest BCUT2D eigenvalue weighted by Crippen LogP contribution is 2.38. The SMILES string of the molecule is COc1c(C2COCCN2)cc(C)cc1C(C)(C)C. The fraction of sp³-hybridized carbons (Fsp3) is 0.625. The van der Waals surface area contributed by atoms with Crippen molar-refractivity contribution >= 4 is 0 Å². The van der Waals surface area contributed by atoms with Gasteiger partial charge in [0, 0.05) is 17.7 Å². The van der Waals surface area contributed by atoms with Crippen LogP contribution in [0.25, 0.3) is 0 Å². The Bertz CT molecular complexity index is 443. The molecule has 0 saturated carbocycles. The number of methoxy groups -OCH3 is 1. The Morgan fingerprint density at radius 3 is 2.58 bits per heavy atom. The lowest BCUT2D eigenvalue weighted by Crippen LogP contribution is -2.35. The normalized spacial score (nSPS) is 20.4. The fourth-order valence-corrected chi connectivity index (χ4v) is 2.61. The van der Waals surface area contributed by atoms with Gasteiger partial charge in [0.1, 0.15) is 5.75 Å². The van der Waals surface area contributed by atoms with Gasteiger partial charge in [-0.15, -0.1) is 0 Å². The minimum Gasteiger partial charge on any atom is -0.496 e. The molecule has 1 aliphatic heterocycles. The summed E-state index contributed by atoms with van der Waals surface area (Å²) in [6.45, 7) is 11.2. The molecule has 106 valence electrons. The molecule has 1 aromatic rings. The number of aryl methyl sites for hydroxylation is 1. The maximum absolute atomic E-state index is 5.72. The lowest BCUT2D eigenvalue weighted by atomic mass is 9.83. The molecule has 0 bridgehead atoms.